The molecule has 0 radical (unpaired) electrons. The number of nitriles is 1. The second-order valence-electron chi connectivity index (χ2n) is 9.64. The quantitative estimate of drug-likeness (QED) is 0.554. The van der Waals surface area contributed by atoms with Crippen LogP contribution in [0.3, 0.4) is 0 Å². The fraction of sp³-hybridized carbons (Fsp3) is 0.414. The molecule has 4 heterocycles. The number of piperidine rings is 1. The lowest BCUT2D eigenvalue weighted by Crippen LogP contribution is -2.48. The summed E-state index contributed by atoms with van der Waals surface area (Å²) in [5.41, 5.74) is 3.22. The summed E-state index contributed by atoms with van der Waals surface area (Å²) >= 11 is 0. The van der Waals surface area contributed by atoms with Gasteiger partial charge in [0.05, 0.1) is 18.2 Å². The standard InChI is InChI=1S/C16H20N2O3.C13H12N2O/c19-16(18-13-8-11-2-3-12(9-13)17-11)10-1-4-14-15(7-10)21-6-5-20-14;1-3-11-9(7-14)8-15-13-5-4-10(16-2)6-12(11)13/h1,4,7,11-13,17H,2-3,5-6,8-9H2,(H,18,19);4-6,8H,3H2,1-2H3. The zero-order chi connectivity index (χ0) is 25.8. The molecular weight excluding hydrogens is 468 g/mol. The van der Waals surface area contributed by atoms with Crippen molar-refractivity contribution in [1.29, 1.82) is 5.26 Å². The molecule has 2 aromatic carbocycles. The number of ether oxygens (including phenoxy) is 3. The molecule has 2 N–H and O–H groups in total. The minimum Gasteiger partial charge on any atom is -0.497 e. The van der Waals surface area contributed by atoms with Crippen molar-refractivity contribution in [3.05, 3.63) is 59.3 Å². The summed E-state index contributed by atoms with van der Waals surface area (Å²) in [6.45, 7) is 3.14. The fourth-order valence-electron chi connectivity index (χ4n) is 5.46. The van der Waals surface area contributed by atoms with Crippen LogP contribution in [0.4, 0.5) is 0 Å². The lowest BCUT2D eigenvalue weighted by atomic mass is 9.99. The number of hydrogen-bond acceptors (Lipinski definition) is 7. The van der Waals surface area contributed by atoms with Crippen LogP contribution in [0.5, 0.6) is 17.2 Å². The highest BCUT2D eigenvalue weighted by molar-refractivity contribution is 5.95. The van der Waals surface area contributed by atoms with E-state index in [-0.39, 0.29) is 11.9 Å². The number of amides is 1. The predicted molar refractivity (Wildman–Crippen MR) is 140 cm³/mol. The minimum atomic E-state index is -0.0155. The topological polar surface area (TPSA) is 106 Å². The Morgan fingerprint density at radius 2 is 1.89 bits per heavy atom. The summed E-state index contributed by atoms with van der Waals surface area (Å²) in [7, 11) is 1.63. The van der Waals surface area contributed by atoms with Gasteiger partial charge < -0.3 is 24.8 Å². The zero-order valence-electron chi connectivity index (χ0n) is 21.3. The molecular formula is C29H32N4O4. The molecule has 1 aromatic heterocycles. The van der Waals surface area contributed by atoms with E-state index in [0.717, 1.165) is 47.2 Å². The first-order chi connectivity index (χ1) is 18.1. The lowest BCUT2D eigenvalue weighted by molar-refractivity contribution is 0.0922. The second kappa shape index (κ2) is 11.1. The van der Waals surface area contributed by atoms with Gasteiger partial charge in [-0.2, -0.15) is 5.26 Å². The van der Waals surface area contributed by atoms with Gasteiger partial charge in [0.2, 0.25) is 0 Å². The molecule has 37 heavy (non-hydrogen) atoms. The number of fused-ring (bicyclic) bond motifs is 4. The van der Waals surface area contributed by atoms with Crippen LogP contribution in [-0.4, -0.2) is 49.3 Å². The number of aromatic nitrogens is 1. The van der Waals surface area contributed by atoms with Crippen molar-refractivity contribution in [2.45, 2.75) is 57.2 Å². The Morgan fingerprint density at radius 1 is 1.14 bits per heavy atom. The maximum absolute atomic E-state index is 12.4. The number of methoxy groups -OCH3 is 1. The van der Waals surface area contributed by atoms with E-state index in [0.29, 0.717) is 42.2 Å². The molecule has 1 amide bonds. The van der Waals surface area contributed by atoms with Crippen LogP contribution in [0.2, 0.25) is 0 Å². The molecule has 0 spiro atoms. The van der Waals surface area contributed by atoms with Gasteiger partial charge in [-0.25, -0.2) is 0 Å². The van der Waals surface area contributed by atoms with E-state index < -0.39 is 0 Å². The van der Waals surface area contributed by atoms with Crippen molar-refractivity contribution in [2.24, 2.45) is 0 Å². The van der Waals surface area contributed by atoms with Crippen molar-refractivity contribution >= 4 is 16.8 Å². The molecule has 0 saturated carbocycles. The third-order valence-corrected chi connectivity index (χ3v) is 7.27. The van der Waals surface area contributed by atoms with Crippen molar-refractivity contribution in [3.63, 3.8) is 0 Å². The van der Waals surface area contributed by atoms with E-state index >= 15 is 0 Å². The molecule has 3 aliphatic rings. The van der Waals surface area contributed by atoms with Gasteiger partial charge in [0, 0.05) is 35.3 Å². The molecule has 2 fully saturated rings. The Kier molecular flexibility index (Phi) is 7.42. The lowest BCUT2D eigenvalue weighted by Gasteiger charge is -2.29. The van der Waals surface area contributed by atoms with Gasteiger partial charge in [0.1, 0.15) is 25.0 Å². The van der Waals surface area contributed by atoms with E-state index in [2.05, 4.69) is 21.7 Å². The maximum Gasteiger partial charge on any atom is 0.251 e. The third-order valence-electron chi connectivity index (χ3n) is 7.27. The normalized spacial score (nSPS) is 21.4. The number of carbonyl (C=O) groups is 1. The van der Waals surface area contributed by atoms with Gasteiger partial charge in [0.15, 0.2) is 11.5 Å². The molecule has 8 heteroatoms. The first-order valence-corrected chi connectivity index (χ1v) is 12.9. The zero-order valence-corrected chi connectivity index (χ0v) is 21.3. The summed E-state index contributed by atoms with van der Waals surface area (Å²) in [4.78, 5) is 16.7. The van der Waals surface area contributed by atoms with Crippen molar-refractivity contribution in [1.82, 2.24) is 15.6 Å². The highest BCUT2D eigenvalue weighted by Crippen LogP contribution is 2.31. The average molecular weight is 501 g/mol. The Morgan fingerprint density at radius 3 is 2.59 bits per heavy atom. The fourth-order valence-corrected chi connectivity index (χ4v) is 5.46. The number of carbonyl (C=O) groups excluding carboxylic acids is 1. The number of benzene rings is 2. The minimum absolute atomic E-state index is 0.0155. The monoisotopic (exact) mass is 500 g/mol. The van der Waals surface area contributed by atoms with Crippen LogP contribution < -0.4 is 24.8 Å². The smallest absolute Gasteiger partial charge is 0.251 e. The molecule has 0 aliphatic carbocycles. The Hall–Kier alpha value is -3.83. The van der Waals surface area contributed by atoms with Crippen molar-refractivity contribution in [2.75, 3.05) is 20.3 Å². The molecule has 192 valence electrons. The van der Waals surface area contributed by atoms with Crippen LogP contribution in [0, 0.1) is 11.3 Å². The number of hydrogen-bond donors (Lipinski definition) is 2. The Bertz CT molecular complexity index is 1320. The van der Waals surface area contributed by atoms with Crippen molar-refractivity contribution < 1.29 is 19.0 Å². The summed E-state index contributed by atoms with van der Waals surface area (Å²) < 4.78 is 16.2. The first kappa shape index (κ1) is 24.8. The van der Waals surface area contributed by atoms with E-state index in [9.17, 15) is 4.79 Å². The van der Waals surface area contributed by atoms with Gasteiger partial charge >= 0.3 is 0 Å². The van der Waals surface area contributed by atoms with Gasteiger partial charge in [-0.05, 0) is 74.1 Å². The molecule has 3 aliphatic heterocycles. The highest BCUT2D eigenvalue weighted by Gasteiger charge is 2.34. The van der Waals surface area contributed by atoms with Gasteiger partial charge in [-0.1, -0.05) is 6.92 Å². The summed E-state index contributed by atoms with van der Waals surface area (Å²) in [6.07, 6.45) is 6.99. The molecule has 8 nitrogen and oxygen atoms in total. The van der Waals surface area contributed by atoms with E-state index in [1.165, 1.54) is 12.8 Å². The van der Waals surface area contributed by atoms with E-state index in [4.69, 9.17) is 19.5 Å². The number of aryl methyl sites for hydroxylation is 1. The van der Waals surface area contributed by atoms with Gasteiger partial charge in [-0.15, -0.1) is 0 Å². The van der Waals surface area contributed by atoms with Gasteiger partial charge in [-0.3, -0.25) is 9.78 Å². The Balaban J connectivity index is 0.000000158. The molecule has 3 aromatic rings. The maximum atomic E-state index is 12.4. The van der Waals surface area contributed by atoms with Crippen LogP contribution in [-0.2, 0) is 6.42 Å². The molecule has 6 rings (SSSR count). The molecule has 2 saturated heterocycles. The predicted octanol–water partition coefficient (Wildman–Crippen LogP) is 4.15. The molecule has 2 unspecified atom stereocenters. The van der Waals surface area contributed by atoms with Crippen LogP contribution in [0.1, 0.15) is 54.1 Å². The highest BCUT2D eigenvalue weighted by atomic mass is 16.6. The summed E-state index contributed by atoms with van der Waals surface area (Å²) in [5, 5.41) is 16.8. The molecule has 2 bridgehead atoms. The van der Waals surface area contributed by atoms with Crippen LogP contribution in [0.15, 0.2) is 42.6 Å². The molecule has 2 atom stereocenters. The van der Waals surface area contributed by atoms with Crippen LogP contribution in [0.25, 0.3) is 10.9 Å². The Labute approximate surface area is 216 Å². The third kappa shape index (κ3) is 5.47. The van der Waals surface area contributed by atoms with E-state index in [1.54, 1.807) is 25.4 Å². The van der Waals surface area contributed by atoms with Crippen LogP contribution >= 0.6 is 0 Å². The second-order valence-corrected chi connectivity index (χ2v) is 9.64. The number of nitrogens with one attached hydrogen (secondary N) is 2. The average Bonchev–Trinajstić information content (AvgIpc) is 3.29. The largest absolute Gasteiger partial charge is 0.497 e. The van der Waals surface area contributed by atoms with Crippen molar-refractivity contribution in [3.8, 4) is 23.3 Å². The summed E-state index contributed by atoms with van der Waals surface area (Å²) in [6, 6.07) is 14.7. The number of rotatable bonds is 4. The van der Waals surface area contributed by atoms with Gasteiger partial charge in [0.25, 0.3) is 5.91 Å². The first-order valence-electron chi connectivity index (χ1n) is 12.9. The van der Waals surface area contributed by atoms with E-state index in [1.807, 2.05) is 31.2 Å². The number of pyridine rings is 1. The summed E-state index contributed by atoms with van der Waals surface area (Å²) in [5.74, 6) is 2.16. The SMILES string of the molecule is CCc1c(C#N)cnc2ccc(OC)cc12.O=C(NC1CC2CCC(C1)N2)c1ccc2c(c1)OCCO2. The number of nitrogens with zero attached hydrogens (tertiary/aromatic N) is 2.